The summed E-state index contributed by atoms with van der Waals surface area (Å²) in [5.74, 6) is -1.26. The molecular weight excluding hydrogens is 597 g/mol. The number of halogens is 1. The van der Waals surface area contributed by atoms with Crippen LogP contribution in [0.5, 0.6) is 5.75 Å². The number of benzene rings is 5. The van der Waals surface area contributed by atoms with Gasteiger partial charge in [-0.3, -0.25) is 19.8 Å². The number of fused-ring (bicyclic) bond motifs is 1. The van der Waals surface area contributed by atoms with Crippen LogP contribution in [0.25, 0.3) is 22.6 Å². The largest absolute Gasteiger partial charge is 0.436 e. The minimum absolute atomic E-state index is 0.0699. The topological polar surface area (TPSA) is 98.7 Å². The number of carbonyl (C=O) groups excluding carboxylic acids is 1. The molecule has 1 aromatic heterocycles. The molecule has 0 N–H and O–H groups in total. The van der Waals surface area contributed by atoms with Crippen LogP contribution in [0.2, 0.25) is 0 Å². The van der Waals surface area contributed by atoms with E-state index >= 15 is 4.39 Å². The summed E-state index contributed by atoms with van der Waals surface area (Å²) in [6.07, 6.45) is 1.29. The number of hydrogen-bond donors (Lipinski definition) is 0. The van der Waals surface area contributed by atoms with E-state index < -0.39 is 22.6 Å². The van der Waals surface area contributed by atoms with E-state index in [-0.39, 0.29) is 22.9 Å². The molecule has 0 spiro atoms. The van der Waals surface area contributed by atoms with Gasteiger partial charge in [-0.05, 0) is 71.0 Å². The number of oxazole rings is 1. The first-order valence-electron chi connectivity index (χ1n) is 15.4. The summed E-state index contributed by atoms with van der Waals surface area (Å²) in [5.41, 5.74) is 6.08. The lowest BCUT2D eigenvalue weighted by atomic mass is 9.99. The Kier molecular flexibility index (Phi) is 8.29. The molecule has 0 unspecified atom stereocenters. The average molecular weight is 628 g/mol. The van der Waals surface area contributed by atoms with Gasteiger partial charge >= 0.3 is 11.7 Å². The molecule has 7 rings (SSSR count). The van der Waals surface area contributed by atoms with Crippen molar-refractivity contribution in [2.24, 2.45) is 5.92 Å². The van der Waals surface area contributed by atoms with E-state index in [4.69, 9.17) is 9.15 Å². The Bertz CT molecular complexity index is 2070. The van der Waals surface area contributed by atoms with Crippen molar-refractivity contribution < 1.29 is 23.3 Å². The molecule has 6 aromatic rings. The van der Waals surface area contributed by atoms with E-state index in [0.717, 1.165) is 28.7 Å². The van der Waals surface area contributed by atoms with E-state index in [0.29, 0.717) is 37.2 Å². The molecule has 47 heavy (non-hydrogen) atoms. The normalized spacial score (nSPS) is 13.4. The first kappa shape index (κ1) is 30.0. The Morgan fingerprint density at radius 2 is 1.47 bits per heavy atom. The SMILES string of the molecule is O=C(Oc1ccc(Cc2ccccc2)cc1[N+](=O)[O-])C1CN(Cc2ccc(-c3nc4cc(Cc5ccccc5)ccc4o3)c(F)c2)C1. The van der Waals surface area contributed by atoms with E-state index in [1.54, 1.807) is 12.1 Å². The number of ether oxygens (including phenoxy) is 1. The molecule has 0 radical (unpaired) electrons. The van der Waals surface area contributed by atoms with Crippen LogP contribution in [0.1, 0.15) is 27.8 Å². The molecule has 0 saturated carbocycles. The van der Waals surface area contributed by atoms with E-state index in [9.17, 15) is 14.9 Å². The monoisotopic (exact) mass is 627 g/mol. The molecule has 0 amide bonds. The maximum Gasteiger partial charge on any atom is 0.317 e. The van der Waals surface area contributed by atoms with Gasteiger partial charge in [-0.2, -0.15) is 0 Å². The van der Waals surface area contributed by atoms with Gasteiger partial charge in [0, 0.05) is 25.7 Å². The van der Waals surface area contributed by atoms with Crippen LogP contribution in [0.15, 0.2) is 120 Å². The molecular formula is C38H30FN3O5. The highest BCUT2D eigenvalue weighted by Gasteiger charge is 2.35. The predicted molar refractivity (Wildman–Crippen MR) is 175 cm³/mol. The van der Waals surface area contributed by atoms with Crippen molar-refractivity contribution in [2.45, 2.75) is 19.4 Å². The zero-order valence-electron chi connectivity index (χ0n) is 25.3. The fraction of sp³-hybridized carbons (Fsp3) is 0.158. The van der Waals surface area contributed by atoms with Crippen molar-refractivity contribution >= 4 is 22.8 Å². The lowest BCUT2D eigenvalue weighted by Gasteiger charge is -2.37. The second kappa shape index (κ2) is 13.0. The van der Waals surface area contributed by atoms with Crippen LogP contribution in [-0.2, 0) is 24.2 Å². The molecule has 0 aliphatic carbocycles. The average Bonchev–Trinajstić information content (AvgIpc) is 3.47. The van der Waals surface area contributed by atoms with Gasteiger partial charge in [-0.25, -0.2) is 9.37 Å². The Morgan fingerprint density at radius 3 is 2.13 bits per heavy atom. The van der Waals surface area contributed by atoms with Gasteiger partial charge in [0.25, 0.3) is 0 Å². The molecule has 1 aliphatic rings. The van der Waals surface area contributed by atoms with Gasteiger partial charge in [0.2, 0.25) is 11.6 Å². The van der Waals surface area contributed by atoms with Crippen LogP contribution in [0, 0.1) is 21.8 Å². The summed E-state index contributed by atoms with van der Waals surface area (Å²) >= 11 is 0. The molecule has 0 atom stereocenters. The van der Waals surface area contributed by atoms with Crippen molar-refractivity contribution in [2.75, 3.05) is 13.1 Å². The minimum Gasteiger partial charge on any atom is -0.436 e. The van der Waals surface area contributed by atoms with Crippen LogP contribution < -0.4 is 4.74 Å². The Morgan fingerprint density at radius 1 is 0.830 bits per heavy atom. The summed E-state index contributed by atoms with van der Waals surface area (Å²) in [6, 6.07) is 35.2. The van der Waals surface area contributed by atoms with Gasteiger partial charge < -0.3 is 9.15 Å². The highest BCUT2D eigenvalue weighted by atomic mass is 19.1. The van der Waals surface area contributed by atoms with Crippen LogP contribution in [0.3, 0.4) is 0 Å². The first-order chi connectivity index (χ1) is 22.9. The quantitative estimate of drug-likeness (QED) is 0.0663. The number of carbonyl (C=O) groups is 1. The lowest BCUT2D eigenvalue weighted by Crippen LogP contribution is -2.50. The van der Waals surface area contributed by atoms with Crippen LogP contribution in [-0.4, -0.2) is 33.9 Å². The summed E-state index contributed by atoms with van der Waals surface area (Å²) in [7, 11) is 0. The third kappa shape index (κ3) is 6.80. The highest BCUT2D eigenvalue weighted by molar-refractivity contribution is 5.78. The third-order valence-electron chi connectivity index (χ3n) is 8.35. The summed E-state index contributed by atoms with van der Waals surface area (Å²) < 4.78 is 26.6. The van der Waals surface area contributed by atoms with Gasteiger partial charge in [-0.1, -0.05) is 78.9 Å². The summed E-state index contributed by atoms with van der Waals surface area (Å²) in [4.78, 5) is 30.6. The summed E-state index contributed by atoms with van der Waals surface area (Å²) in [5, 5.41) is 11.7. The number of nitro benzene ring substituents is 1. The third-order valence-corrected chi connectivity index (χ3v) is 8.35. The number of nitro groups is 1. The van der Waals surface area contributed by atoms with Gasteiger partial charge in [0.05, 0.1) is 16.4 Å². The maximum absolute atomic E-state index is 15.3. The van der Waals surface area contributed by atoms with Crippen molar-refractivity contribution in [1.29, 1.82) is 0 Å². The highest BCUT2D eigenvalue weighted by Crippen LogP contribution is 2.32. The standard InChI is InChI=1S/C38H30FN3O5/c39-32-19-29(11-14-31(32)37-40-33-20-27(12-15-35(33)46-37)17-25-7-3-1-4-8-25)22-41-23-30(24-41)38(43)47-36-16-13-28(21-34(36)42(44)45)18-26-9-5-2-6-10-26/h1-16,19-21,30H,17-18,22-24H2. The van der Waals surface area contributed by atoms with Gasteiger partial charge in [-0.15, -0.1) is 0 Å². The number of aromatic nitrogens is 1. The van der Waals surface area contributed by atoms with E-state index in [1.807, 2.05) is 77.7 Å². The van der Waals surface area contributed by atoms with Crippen molar-refractivity contribution in [3.8, 4) is 17.2 Å². The molecule has 5 aromatic carbocycles. The van der Waals surface area contributed by atoms with Crippen molar-refractivity contribution in [1.82, 2.24) is 9.88 Å². The molecule has 0 bridgehead atoms. The molecule has 1 fully saturated rings. The fourth-order valence-electron chi connectivity index (χ4n) is 5.89. The smallest absolute Gasteiger partial charge is 0.317 e. The number of esters is 1. The molecule has 234 valence electrons. The van der Waals surface area contributed by atoms with E-state index in [2.05, 4.69) is 17.1 Å². The second-order valence-electron chi connectivity index (χ2n) is 11.8. The predicted octanol–water partition coefficient (Wildman–Crippen LogP) is 7.76. The number of rotatable bonds is 10. The molecule has 2 heterocycles. The van der Waals surface area contributed by atoms with Crippen molar-refractivity contribution in [3.63, 3.8) is 0 Å². The van der Waals surface area contributed by atoms with Crippen LogP contribution in [0.4, 0.5) is 10.1 Å². The zero-order chi connectivity index (χ0) is 32.3. The number of hydrogen-bond acceptors (Lipinski definition) is 7. The van der Waals surface area contributed by atoms with Gasteiger partial charge in [0.1, 0.15) is 11.3 Å². The number of nitrogens with zero attached hydrogens (tertiary/aromatic N) is 3. The Labute approximate surface area is 270 Å². The Balaban J connectivity index is 0.954. The molecule has 8 nitrogen and oxygen atoms in total. The summed E-state index contributed by atoms with van der Waals surface area (Å²) in [6.45, 7) is 1.24. The maximum atomic E-state index is 15.3. The molecule has 1 saturated heterocycles. The molecule has 9 heteroatoms. The zero-order valence-corrected chi connectivity index (χ0v) is 25.3. The first-order valence-corrected chi connectivity index (χ1v) is 15.4. The fourth-order valence-corrected chi connectivity index (χ4v) is 5.89. The van der Waals surface area contributed by atoms with Gasteiger partial charge in [0.15, 0.2) is 5.58 Å². The number of likely N-dealkylation sites (tertiary alicyclic amines) is 1. The Hall–Kier alpha value is -5.67. The van der Waals surface area contributed by atoms with Crippen LogP contribution >= 0.6 is 0 Å². The minimum atomic E-state index is -0.535. The lowest BCUT2D eigenvalue weighted by molar-refractivity contribution is -0.385. The van der Waals surface area contributed by atoms with Crippen molar-refractivity contribution in [3.05, 3.63) is 159 Å². The second-order valence-corrected chi connectivity index (χ2v) is 11.8. The molecule has 1 aliphatic heterocycles. The van der Waals surface area contributed by atoms with E-state index in [1.165, 1.54) is 23.8 Å².